The number of benzene rings is 4. The summed E-state index contributed by atoms with van der Waals surface area (Å²) in [5, 5.41) is 0. The van der Waals surface area contributed by atoms with E-state index in [0.717, 1.165) is 51.4 Å². The van der Waals surface area contributed by atoms with E-state index in [0.29, 0.717) is 0 Å². The molecular formula is C32H32. The average molecular weight is 417 g/mol. The van der Waals surface area contributed by atoms with Crippen molar-refractivity contribution in [3.8, 4) is 0 Å². The molecule has 0 heteroatoms. The van der Waals surface area contributed by atoms with Gasteiger partial charge in [-0.25, -0.2) is 0 Å². The van der Waals surface area contributed by atoms with Crippen molar-refractivity contribution in [2.24, 2.45) is 0 Å². The lowest BCUT2D eigenvalue weighted by Gasteiger charge is -2.16. The van der Waals surface area contributed by atoms with E-state index in [9.17, 15) is 0 Å². The second kappa shape index (κ2) is 10.0. The van der Waals surface area contributed by atoms with E-state index < -0.39 is 0 Å². The fraction of sp³-hybridized carbons (Fsp3) is 0.250. The summed E-state index contributed by atoms with van der Waals surface area (Å²) in [6.45, 7) is 0. The van der Waals surface area contributed by atoms with E-state index in [1.54, 1.807) is 0 Å². The average Bonchev–Trinajstić information content (AvgIpc) is 2.85. The molecule has 32 heavy (non-hydrogen) atoms. The van der Waals surface area contributed by atoms with Gasteiger partial charge in [0.05, 0.1) is 0 Å². The summed E-state index contributed by atoms with van der Waals surface area (Å²) in [6, 6.07) is 36.3. The molecule has 0 heterocycles. The SMILES string of the molecule is c1ccc2c(c1)CCc1ccccc1CCc1ccccc1CCc1ccccc1CC2. The lowest BCUT2D eigenvalue weighted by molar-refractivity contribution is 0.839. The van der Waals surface area contributed by atoms with Crippen LogP contribution in [0.15, 0.2) is 97.1 Å². The van der Waals surface area contributed by atoms with E-state index in [1.165, 1.54) is 44.5 Å². The van der Waals surface area contributed by atoms with Gasteiger partial charge in [-0.05, 0) is 95.9 Å². The van der Waals surface area contributed by atoms with Crippen LogP contribution in [0, 0.1) is 0 Å². The molecule has 1 aliphatic rings. The summed E-state index contributed by atoms with van der Waals surface area (Å²) in [4.78, 5) is 0. The highest BCUT2D eigenvalue weighted by molar-refractivity contribution is 5.36. The first-order chi connectivity index (χ1) is 15.9. The Hall–Kier alpha value is -3.12. The fourth-order valence-corrected chi connectivity index (χ4v) is 5.26. The third-order valence-electron chi connectivity index (χ3n) is 7.13. The van der Waals surface area contributed by atoms with Crippen molar-refractivity contribution >= 4 is 0 Å². The molecule has 5 rings (SSSR count). The zero-order chi connectivity index (χ0) is 21.6. The zero-order valence-corrected chi connectivity index (χ0v) is 18.9. The second-order valence-corrected chi connectivity index (χ2v) is 9.07. The van der Waals surface area contributed by atoms with Gasteiger partial charge in [-0.15, -0.1) is 0 Å². The third kappa shape index (κ3) is 4.86. The Bertz CT molecular complexity index is 902. The molecule has 0 nitrogen and oxygen atoms in total. The predicted molar refractivity (Wildman–Crippen MR) is 135 cm³/mol. The first-order valence-electron chi connectivity index (χ1n) is 12.1. The van der Waals surface area contributed by atoms with Crippen LogP contribution in [0.25, 0.3) is 0 Å². The van der Waals surface area contributed by atoms with Crippen LogP contribution < -0.4 is 0 Å². The molecule has 0 fully saturated rings. The molecule has 0 saturated heterocycles. The minimum atomic E-state index is 1.12. The van der Waals surface area contributed by atoms with Gasteiger partial charge in [0.15, 0.2) is 0 Å². The summed E-state index contributed by atoms with van der Waals surface area (Å²) in [6.07, 6.45) is 8.93. The zero-order valence-electron chi connectivity index (χ0n) is 18.9. The highest BCUT2D eigenvalue weighted by Crippen LogP contribution is 2.22. The molecule has 0 radical (unpaired) electrons. The van der Waals surface area contributed by atoms with E-state index >= 15 is 0 Å². The smallest absolute Gasteiger partial charge is 0.0235 e. The Kier molecular flexibility index (Phi) is 6.49. The van der Waals surface area contributed by atoms with Gasteiger partial charge in [0, 0.05) is 0 Å². The summed E-state index contributed by atoms with van der Waals surface area (Å²) in [5.74, 6) is 0. The summed E-state index contributed by atoms with van der Waals surface area (Å²) in [5.41, 5.74) is 12.1. The first kappa shape index (κ1) is 20.8. The van der Waals surface area contributed by atoms with Gasteiger partial charge in [-0.2, -0.15) is 0 Å². The molecule has 4 aromatic carbocycles. The summed E-state index contributed by atoms with van der Waals surface area (Å²) >= 11 is 0. The monoisotopic (exact) mass is 416 g/mol. The standard InChI is InChI=1S/C32H32/c1-2-10-26-19-20-28-12-5-6-14-30(28)23-24-32-16-8-7-15-31(32)22-21-29-13-4-3-11-27(29)18-17-25(26)9-1/h1-16H,17-24H2. The van der Waals surface area contributed by atoms with Crippen molar-refractivity contribution in [2.45, 2.75) is 51.4 Å². The molecule has 0 aromatic heterocycles. The molecule has 0 spiro atoms. The van der Waals surface area contributed by atoms with Crippen molar-refractivity contribution in [2.75, 3.05) is 0 Å². The van der Waals surface area contributed by atoms with Crippen molar-refractivity contribution < 1.29 is 0 Å². The molecule has 0 N–H and O–H groups in total. The van der Waals surface area contributed by atoms with Crippen molar-refractivity contribution in [1.29, 1.82) is 0 Å². The van der Waals surface area contributed by atoms with Gasteiger partial charge in [0.1, 0.15) is 0 Å². The van der Waals surface area contributed by atoms with Crippen LogP contribution in [0.2, 0.25) is 0 Å². The number of rotatable bonds is 0. The van der Waals surface area contributed by atoms with Gasteiger partial charge in [-0.3, -0.25) is 0 Å². The Morgan fingerprint density at radius 3 is 0.469 bits per heavy atom. The van der Waals surface area contributed by atoms with E-state index in [4.69, 9.17) is 0 Å². The molecule has 1 aliphatic carbocycles. The lowest BCUT2D eigenvalue weighted by atomic mass is 9.89. The maximum atomic E-state index is 2.34. The number of fused-ring (bicyclic) bond motifs is 4. The largest absolute Gasteiger partial charge is 0.0620 e. The number of hydrogen-bond donors (Lipinski definition) is 0. The molecule has 4 aromatic rings. The lowest BCUT2D eigenvalue weighted by Crippen LogP contribution is -2.06. The molecule has 0 bridgehead atoms. The van der Waals surface area contributed by atoms with E-state index in [1.807, 2.05) is 0 Å². The van der Waals surface area contributed by atoms with Gasteiger partial charge in [0.2, 0.25) is 0 Å². The van der Waals surface area contributed by atoms with Gasteiger partial charge < -0.3 is 0 Å². The van der Waals surface area contributed by atoms with Crippen LogP contribution in [-0.4, -0.2) is 0 Å². The van der Waals surface area contributed by atoms with E-state index in [-0.39, 0.29) is 0 Å². The van der Waals surface area contributed by atoms with Crippen LogP contribution in [0.1, 0.15) is 44.5 Å². The summed E-state index contributed by atoms with van der Waals surface area (Å²) < 4.78 is 0. The normalized spacial score (nSPS) is 14.5. The molecule has 0 amide bonds. The molecule has 0 saturated carbocycles. The molecule has 160 valence electrons. The molecular weight excluding hydrogens is 384 g/mol. The molecule has 0 aliphatic heterocycles. The quantitative estimate of drug-likeness (QED) is 0.286. The Morgan fingerprint density at radius 2 is 0.344 bits per heavy atom. The fourth-order valence-electron chi connectivity index (χ4n) is 5.26. The maximum Gasteiger partial charge on any atom is -0.0235 e. The van der Waals surface area contributed by atoms with Crippen LogP contribution in [0.3, 0.4) is 0 Å². The van der Waals surface area contributed by atoms with E-state index in [2.05, 4.69) is 97.1 Å². The second-order valence-electron chi connectivity index (χ2n) is 9.07. The van der Waals surface area contributed by atoms with Gasteiger partial charge in [0.25, 0.3) is 0 Å². The Labute approximate surface area is 193 Å². The van der Waals surface area contributed by atoms with Gasteiger partial charge in [-0.1, -0.05) is 97.1 Å². The minimum absolute atomic E-state index is 1.12. The van der Waals surface area contributed by atoms with Crippen LogP contribution in [-0.2, 0) is 51.4 Å². The highest BCUT2D eigenvalue weighted by Gasteiger charge is 2.11. The first-order valence-corrected chi connectivity index (χ1v) is 12.1. The Balaban J connectivity index is 1.50. The van der Waals surface area contributed by atoms with Crippen LogP contribution >= 0.6 is 0 Å². The van der Waals surface area contributed by atoms with Crippen molar-refractivity contribution in [3.05, 3.63) is 142 Å². The van der Waals surface area contributed by atoms with Crippen molar-refractivity contribution in [1.82, 2.24) is 0 Å². The maximum absolute atomic E-state index is 2.34. The number of hydrogen-bond acceptors (Lipinski definition) is 0. The molecule has 0 atom stereocenters. The highest BCUT2D eigenvalue weighted by atomic mass is 14.2. The van der Waals surface area contributed by atoms with Crippen molar-refractivity contribution in [3.63, 3.8) is 0 Å². The minimum Gasteiger partial charge on any atom is -0.0620 e. The summed E-state index contributed by atoms with van der Waals surface area (Å²) in [7, 11) is 0. The van der Waals surface area contributed by atoms with Crippen LogP contribution in [0.4, 0.5) is 0 Å². The molecule has 0 unspecified atom stereocenters. The van der Waals surface area contributed by atoms with Crippen LogP contribution in [0.5, 0.6) is 0 Å². The number of aryl methyl sites for hydroxylation is 8. The topological polar surface area (TPSA) is 0 Å². The third-order valence-corrected chi connectivity index (χ3v) is 7.13. The van der Waals surface area contributed by atoms with Gasteiger partial charge >= 0.3 is 0 Å². The predicted octanol–water partition coefficient (Wildman–Crippen LogP) is 7.14. The Morgan fingerprint density at radius 1 is 0.219 bits per heavy atom.